The van der Waals surface area contributed by atoms with E-state index in [4.69, 9.17) is 4.42 Å². The number of furan rings is 1. The lowest BCUT2D eigenvalue weighted by Crippen LogP contribution is -2.24. The van der Waals surface area contributed by atoms with Crippen LogP contribution in [0.2, 0.25) is 0 Å². The molecule has 7 nitrogen and oxygen atoms in total. The summed E-state index contributed by atoms with van der Waals surface area (Å²) >= 11 is 0. The Morgan fingerprint density at radius 1 is 1.33 bits per heavy atom. The number of non-ortho nitro benzene ring substituents is 1. The fourth-order valence-corrected chi connectivity index (χ4v) is 3.18. The Hall–Kier alpha value is -2.19. The maximum Gasteiger partial charge on any atom is 0.271 e. The van der Waals surface area contributed by atoms with E-state index in [0.29, 0.717) is 16.9 Å². The van der Waals surface area contributed by atoms with Crippen molar-refractivity contribution in [2.24, 2.45) is 0 Å². The average molecular weight is 310 g/mol. The van der Waals surface area contributed by atoms with Crippen LogP contribution in [0.25, 0.3) is 0 Å². The van der Waals surface area contributed by atoms with Crippen molar-refractivity contribution in [2.75, 3.05) is 0 Å². The molecule has 0 aliphatic heterocycles. The monoisotopic (exact) mass is 310 g/mol. The molecule has 1 aromatic carbocycles. The number of benzene rings is 1. The van der Waals surface area contributed by atoms with Gasteiger partial charge in [0, 0.05) is 12.1 Å². The average Bonchev–Trinajstić information content (AvgIpc) is 2.92. The third kappa shape index (κ3) is 3.29. The van der Waals surface area contributed by atoms with Gasteiger partial charge in [0.25, 0.3) is 5.69 Å². The molecule has 1 aromatic heterocycles. The second kappa shape index (κ2) is 5.66. The zero-order chi connectivity index (χ0) is 15.6. The summed E-state index contributed by atoms with van der Waals surface area (Å²) < 4.78 is 32.0. The van der Waals surface area contributed by atoms with Crippen LogP contribution in [0, 0.1) is 24.0 Å². The number of rotatable bonds is 5. The van der Waals surface area contributed by atoms with Gasteiger partial charge >= 0.3 is 0 Å². The van der Waals surface area contributed by atoms with Gasteiger partial charge in [0.2, 0.25) is 10.0 Å². The van der Waals surface area contributed by atoms with Crippen molar-refractivity contribution in [2.45, 2.75) is 25.3 Å². The van der Waals surface area contributed by atoms with Crippen LogP contribution in [-0.2, 0) is 16.6 Å². The van der Waals surface area contributed by atoms with E-state index >= 15 is 0 Å². The predicted molar refractivity (Wildman–Crippen MR) is 75.3 cm³/mol. The van der Waals surface area contributed by atoms with E-state index in [2.05, 4.69) is 4.72 Å². The number of nitro benzene ring substituents is 1. The second-order valence-corrected chi connectivity index (χ2v) is 6.28. The zero-order valence-corrected chi connectivity index (χ0v) is 12.3. The lowest BCUT2D eigenvalue weighted by atomic mass is 10.1. The van der Waals surface area contributed by atoms with Crippen molar-refractivity contribution in [1.82, 2.24) is 4.72 Å². The van der Waals surface area contributed by atoms with E-state index in [1.165, 1.54) is 12.3 Å². The van der Waals surface area contributed by atoms with E-state index < -0.39 is 14.9 Å². The SMILES string of the molecule is Cc1cc([N+](=O)[O-])cc(S(=O)(=O)NCc2ccco2)c1C. The largest absolute Gasteiger partial charge is 0.468 e. The van der Waals surface area contributed by atoms with Gasteiger partial charge in [0.05, 0.1) is 22.6 Å². The highest BCUT2D eigenvalue weighted by atomic mass is 32.2. The second-order valence-electron chi connectivity index (χ2n) is 4.55. The minimum atomic E-state index is -3.86. The van der Waals surface area contributed by atoms with Crippen LogP contribution in [0.5, 0.6) is 0 Å². The summed E-state index contributed by atoms with van der Waals surface area (Å²) in [4.78, 5) is 10.2. The van der Waals surface area contributed by atoms with Crippen molar-refractivity contribution >= 4 is 15.7 Å². The van der Waals surface area contributed by atoms with Gasteiger partial charge in [-0.25, -0.2) is 13.1 Å². The summed E-state index contributed by atoms with van der Waals surface area (Å²) in [5.41, 5.74) is 0.770. The summed E-state index contributed by atoms with van der Waals surface area (Å²) in [6, 6.07) is 5.69. The quantitative estimate of drug-likeness (QED) is 0.674. The molecule has 0 fully saturated rings. The van der Waals surface area contributed by atoms with Crippen molar-refractivity contribution < 1.29 is 17.8 Å². The van der Waals surface area contributed by atoms with Gasteiger partial charge in [0.15, 0.2) is 0 Å². The first kappa shape index (κ1) is 15.2. The standard InChI is InChI=1S/C13H14N2O5S/c1-9-6-11(15(16)17)7-13(10(9)2)21(18,19)14-8-12-4-3-5-20-12/h3-7,14H,8H2,1-2H3. The highest BCUT2D eigenvalue weighted by molar-refractivity contribution is 7.89. The number of nitro groups is 1. The third-order valence-corrected chi connectivity index (χ3v) is 4.65. The Morgan fingerprint density at radius 3 is 2.62 bits per heavy atom. The number of aryl methyl sites for hydroxylation is 1. The summed E-state index contributed by atoms with van der Waals surface area (Å²) in [6.07, 6.45) is 1.44. The number of nitrogens with zero attached hydrogens (tertiary/aromatic N) is 1. The van der Waals surface area contributed by atoms with E-state index in [9.17, 15) is 18.5 Å². The predicted octanol–water partition coefficient (Wildman–Crippen LogP) is 2.28. The van der Waals surface area contributed by atoms with E-state index in [-0.39, 0.29) is 17.1 Å². The molecule has 0 aliphatic carbocycles. The number of nitrogens with one attached hydrogen (secondary N) is 1. The molecule has 0 saturated heterocycles. The molecule has 21 heavy (non-hydrogen) atoms. The van der Waals surface area contributed by atoms with Crippen LogP contribution >= 0.6 is 0 Å². The topological polar surface area (TPSA) is 102 Å². The van der Waals surface area contributed by atoms with Gasteiger partial charge in [-0.05, 0) is 37.1 Å². The van der Waals surface area contributed by atoms with E-state index in [1.807, 2.05) is 0 Å². The van der Waals surface area contributed by atoms with Gasteiger partial charge < -0.3 is 4.42 Å². The van der Waals surface area contributed by atoms with Crippen LogP contribution in [0.15, 0.2) is 39.8 Å². The van der Waals surface area contributed by atoms with Crippen LogP contribution in [0.1, 0.15) is 16.9 Å². The first-order chi connectivity index (χ1) is 9.81. The summed E-state index contributed by atoms with van der Waals surface area (Å²) in [6.45, 7) is 3.23. The normalized spacial score (nSPS) is 11.5. The summed E-state index contributed by atoms with van der Waals surface area (Å²) in [5.74, 6) is 0.457. The zero-order valence-electron chi connectivity index (χ0n) is 11.5. The van der Waals surface area contributed by atoms with E-state index in [1.54, 1.807) is 26.0 Å². The highest BCUT2D eigenvalue weighted by Gasteiger charge is 2.22. The van der Waals surface area contributed by atoms with Crippen LogP contribution in [-0.4, -0.2) is 13.3 Å². The lowest BCUT2D eigenvalue weighted by Gasteiger charge is -2.10. The minimum Gasteiger partial charge on any atom is -0.468 e. The molecule has 0 bridgehead atoms. The first-order valence-electron chi connectivity index (χ1n) is 6.09. The van der Waals surface area contributed by atoms with E-state index in [0.717, 1.165) is 6.07 Å². The van der Waals surface area contributed by atoms with Crippen molar-refractivity contribution in [3.8, 4) is 0 Å². The number of sulfonamides is 1. The molecule has 0 amide bonds. The molecule has 2 aromatic rings. The maximum absolute atomic E-state index is 12.3. The molecular formula is C13H14N2O5S. The van der Waals surface area contributed by atoms with Crippen LogP contribution in [0.3, 0.4) is 0 Å². The minimum absolute atomic E-state index is 0.0173. The first-order valence-corrected chi connectivity index (χ1v) is 7.57. The Balaban J connectivity index is 2.37. The van der Waals surface area contributed by atoms with Crippen LogP contribution in [0.4, 0.5) is 5.69 Å². The molecule has 0 atom stereocenters. The fourth-order valence-electron chi connectivity index (χ4n) is 1.85. The molecule has 0 unspecified atom stereocenters. The van der Waals surface area contributed by atoms with Gasteiger partial charge in [0.1, 0.15) is 5.76 Å². The highest BCUT2D eigenvalue weighted by Crippen LogP contribution is 2.25. The summed E-state index contributed by atoms with van der Waals surface area (Å²) in [7, 11) is -3.86. The van der Waals surface area contributed by atoms with Gasteiger partial charge in [-0.2, -0.15) is 0 Å². The maximum atomic E-state index is 12.3. The van der Waals surface area contributed by atoms with Crippen molar-refractivity contribution in [3.05, 3.63) is 57.5 Å². The fraction of sp³-hybridized carbons (Fsp3) is 0.231. The molecular weight excluding hydrogens is 296 g/mol. The number of hydrogen-bond donors (Lipinski definition) is 1. The Bertz CT molecular complexity index is 766. The van der Waals surface area contributed by atoms with Crippen molar-refractivity contribution in [1.29, 1.82) is 0 Å². The lowest BCUT2D eigenvalue weighted by molar-refractivity contribution is -0.385. The number of hydrogen-bond acceptors (Lipinski definition) is 5. The molecule has 0 spiro atoms. The molecule has 0 saturated carbocycles. The molecule has 112 valence electrons. The van der Waals surface area contributed by atoms with Gasteiger partial charge in [-0.1, -0.05) is 0 Å². The molecule has 1 heterocycles. The smallest absolute Gasteiger partial charge is 0.271 e. The molecule has 1 N–H and O–H groups in total. The summed E-state index contributed by atoms with van der Waals surface area (Å²) in [5, 5.41) is 10.9. The molecule has 8 heteroatoms. The third-order valence-electron chi connectivity index (χ3n) is 3.12. The van der Waals surface area contributed by atoms with Crippen LogP contribution < -0.4 is 4.72 Å². The molecule has 2 rings (SSSR count). The van der Waals surface area contributed by atoms with Gasteiger partial charge in [-0.15, -0.1) is 0 Å². The Labute approximate surface area is 121 Å². The van der Waals surface area contributed by atoms with Gasteiger partial charge in [-0.3, -0.25) is 10.1 Å². The molecule has 0 radical (unpaired) electrons. The Morgan fingerprint density at radius 2 is 2.05 bits per heavy atom. The molecule has 0 aliphatic rings. The van der Waals surface area contributed by atoms with Crippen molar-refractivity contribution in [3.63, 3.8) is 0 Å². The Kier molecular flexibility index (Phi) is 4.10.